The number of hydrogen-bond acceptors (Lipinski definition) is 5. The van der Waals surface area contributed by atoms with Crippen LogP contribution in [0.1, 0.15) is 40.6 Å². The van der Waals surface area contributed by atoms with Gasteiger partial charge in [-0.1, -0.05) is 41.6 Å². The smallest absolute Gasteiger partial charge is 0.250 e. The molecular weight excluding hydrogens is 400 g/mol. The second-order valence-corrected chi connectivity index (χ2v) is 9.53. The van der Waals surface area contributed by atoms with Crippen LogP contribution in [0.15, 0.2) is 81.7 Å². The third-order valence-corrected chi connectivity index (χ3v) is 6.48. The van der Waals surface area contributed by atoms with Gasteiger partial charge in [-0.25, -0.2) is 8.42 Å². The molecule has 0 aliphatic carbocycles. The van der Waals surface area contributed by atoms with E-state index in [1.807, 2.05) is 31.2 Å². The van der Waals surface area contributed by atoms with Crippen molar-refractivity contribution in [1.29, 1.82) is 0 Å². The van der Waals surface area contributed by atoms with Crippen LogP contribution < -0.4 is 5.56 Å². The summed E-state index contributed by atoms with van der Waals surface area (Å²) in [6.07, 6.45) is 3.20. The summed E-state index contributed by atoms with van der Waals surface area (Å²) >= 11 is 0. The van der Waals surface area contributed by atoms with Crippen LogP contribution in [-0.4, -0.2) is 19.2 Å². The van der Waals surface area contributed by atoms with E-state index in [2.05, 4.69) is 5.18 Å². The largest absolute Gasteiger partial charge is 0.318 e. The van der Waals surface area contributed by atoms with Crippen LogP contribution in [0.2, 0.25) is 0 Å². The molecule has 0 radical (unpaired) electrons. The molecule has 30 heavy (non-hydrogen) atoms. The lowest BCUT2D eigenvalue weighted by molar-refractivity contribution is 0.586. The molecule has 7 heteroatoms. The Morgan fingerprint density at radius 2 is 1.60 bits per heavy atom. The zero-order chi connectivity index (χ0) is 21.9. The molecule has 0 saturated heterocycles. The second kappa shape index (κ2) is 8.75. The van der Waals surface area contributed by atoms with Crippen LogP contribution in [0, 0.1) is 11.8 Å². The van der Waals surface area contributed by atoms with Gasteiger partial charge < -0.3 is 4.57 Å². The minimum atomic E-state index is -3.30. The molecule has 156 valence electrons. The van der Waals surface area contributed by atoms with Gasteiger partial charge in [0.25, 0.3) is 0 Å². The molecule has 0 fully saturated rings. The number of benzene rings is 2. The highest BCUT2D eigenvalue weighted by Crippen LogP contribution is 2.37. The summed E-state index contributed by atoms with van der Waals surface area (Å²) in [7, 11) is -1.66. The fourth-order valence-corrected chi connectivity index (χ4v) is 4.27. The Hall–Kier alpha value is -3.06. The summed E-state index contributed by atoms with van der Waals surface area (Å²) < 4.78 is 25.1. The predicted octanol–water partition coefficient (Wildman–Crippen LogP) is 4.13. The van der Waals surface area contributed by atoms with Crippen molar-refractivity contribution < 1.29 is 8.42 Å². The molecule has 2 unspecified atom stereocenters. The van der Waals surface area contributed by atoms with Crippen LogP contribution in [0.25, 0.3) is 0 Å². The van der Waals surface area contributed by atoms with Crippen molar-refractivity contribution in [1.82, 2.24) is 4.57 Å². The van der Waals surface area contributed by atoms with Gasteiger partial charge in [-0.05, 0) is 53.8 Å². The summed E-state index contributed by atoms with van der Waals surface area (Å²) in [4.78, 5) is 23.7. The summed E-state index contributed by atoms with van der Waals surface area (Å²) in [6.45, 7) is 2.00. The van der Waals surface area contributed by atoms with Gasteiger partial charge in [-0.3, -0.25) is 4.79 Å². The zero-order valence-electron chi connectivity index (χ0n) is 17.1. The van der Waals surface area contributed by atoms with Crippen molar-refractivity contribution >= 4 is 9.84 Å². The third kappa shape index (κ3) is 4.74. The lowest BCUT2D eigenvalue weighted by atomic mass is 9.83. The number of sulfone groups is 1. The normalized spacial score (nSPS) is 13.6. The molecule has 1 aromatic heterocycles. The standard InChI is InChI=1S/C23H24N2O4S/c1-16-6-4-5-7-20(16)21(17-8-11-19(12-9-17)30(3,28)29)14-22(24-27)18-10-13-23(26)25(2)15-18/h4-13,15,21-22H,14H2,1-3H3. The third-order valence-electron chi connectivity index (χ3n) is 5.35. The number of pyridine rings is 1. The second-order valence-electron chi connectivity index (χ2n) is 7.52. The molecule has 0 aliphatic heterocycles. The SMILES string of the molecule is Cc1ccccc1C(CC(N=O)c1ccc(=O)n(C)c1)c1ccc(S(C)(=O)=O)cc1. The highest BCUT2D eigenvalue weighted by Gasteiger charge is 2.24. The van der Waals surface area contributed by atoms with E-state index in [-0.39, 0.29) is 16.4 Å². The Morgan fingerprint density at radius 3 is 2.17 bits per heavy atom. The van der Waals surface area contributed by atoms with E-state index in [4.69, 9.17) is 0 Å². The molecule has 0 saturated carbocycles. The van der Waals surface area contributed by atoms with E-state index in [0.717, 1.165) is 16.7 Å². The van der Waals surface area contributed by atoms with Gasteiger partial charge in [0.05, 0.1) is 4.90 Å². The molecule has 0 amide bonds. The van der Waals surface area contributed by atoms with Crippen molar-refractivity contribution in [3.8, 4) is 0 Å². The van der Waals surface area contributed by atoms with E-state index >= 15 is 0 Å². The van der Waals surface area contributed by atoms with Crippen molar-refractivity contribution in [2.24, 2.45) is 12.2 Å². The molecule has 2 atom stereocenters. The van der Waals surface area contributed by atoms with E-state index in [1.165, 1.54) is 16.9 Å². The monoisotopic (exact) mass is 424 g/mol. The summed E-state index contributed by atoms with van der Waals surface area (Å²) in [5.74, 6) is -0.167. The van der Waals surface area contributed by atoms with E-state index < -0.39 is 15.9 Å². The minimum absolute atomic E-state index is 0.157. The van der Waals surface area contributed by atoms with E-state index in [0.29, 0.717) is 12.0 Å². The number of aromatic nitrogens is 1. The Balaban J connectivity index is 2.05. The fourth-order valence-electron chi connectivity index (χ4n) is 3.64. The maximum Gasteiger partial charge on any atom is 0.250 e. The molecule has 0 N–H and O–H groups in total. The maximum absolute atomic E-state index is 11.8. The van der Waals surface area contributed by atoms with Gasteiger partial charge >= 0.3 is 0 Å². The van der Waals surface area contributed by atoms with Gasteiger partial charge in [0.15, 0.2) is 9.84 Å². The number of nitrogens with zero attached hydrogens (tertiary/aromatic N) is 2. The van der Waals surface area contributed by atoms with Crippen molar-refractivity contribution in [2.75, 3.05) is 6.26 Å². The van der Waals surface area contributed by atoms with Gasteiger partial charge in [0.1, 0.15) is 6.04 Å². The predicted molar refractivity (Wildman–Crippen MR) is 117 cm³/mol. The van der Waals surface area contributed by atoms with Crippen molar-refractivity contribution in [3.63, 3.8) is 0 Å². The topological polar surface area (TPSA) is 85.6 Å². The molecule has 3 rings (SSSR count). The van der Waals surface area contributed by atoms with Crippen molar-refractivity contribution in [3.05, 3.63) is 104 Å². The van der Waals surface area contributed by atoms with Gasteiger partial charge in [-0.15, -0.1) is 0 Å². The first-order valence-electron chi connectivity index (χ1n) is 9.55. The van der Waals surface area contributed by atoms with E-state index in [9.17, 15) is 18.1 Å². The van der Waals surface area contributed by atoms with E-state index in [1.54, 1.807) is 43.6 Å². The first-order chi connectivity index (χ1) is 14.2. The fraction of sp³-hybridized carbons (Fsp3) is 0.261. The summed E-state index contributed by atoms with van der Waals surface area (Å²) in [5, 5.41) is 3.35. The Labute approximate surface area is 176 Å². The summed E-state index contributed by atoms with van der Waals surface area (Å²) in [5.41, 5.74) is 3.52. The Morgan fingerprint density at radius 1 is 0.967 bits per heavy atom. The maximum atomic E-state index is 11.8. The molecular formula is C23H24N2O4S. The number of aryl methyl sites for hydroxylation is 2. The highest BCUT2D eigenvalue weighted by molar-refractivity contribution is 7.90. The van der Waals surface area contributed by atoms with Crippen LogP contribution in [0.5, 0.6) is 0 Å². The quantitative estimate of drug-likeness (QED) is 0.534. The lowest BCUT2D eigenvalue weighted by Crippen LogP contribution is -2.16. The Kier molecular flexibility index (Phi) is 6.31. The van der Waals surface area contributed by atoms with Crippen molar-refractivity contribution in [2.45, 2.75) is 30.2 Å². The average Bonchev–Trinajstić information content (AvgIpc) is 2.71. The molecule has 0 spiro atoms. The molecule has 3 aromatic rings. The average molecular weight is 425 g/mol. The zero-order valence-corrected chi connectivity index (χ0v) is 18.0. The number of nitroso groups, excluding NO2 is 1. The summed E-state index contributed by atoms with van der Waals surface area (Å²) in [6, 6.07) is 17.1. The van der Waals surface area contributed by atoms with Crippen LogP contribution in [0.4, 0.5) is 0 Å². The highest BCUT2D eigenvalue weighted by atomic mass is 32.2. The Bertz CT molecular complexity index is 1210. The van der Waals surface area contributed by atoms with Crippen LogP contribution in [-0.2, 0) is 16.9 Å². The molecule has 0 aliphatic rings. The number of hydrogen-bond donors (Lipinski definition) is 0. The van der Waals surface area contributed by atoms with Crippen LogP contribution >= 0.6 is 0 Å². The minimum Gasteiger partial charge on any atom is -0.318 e. The van der Waals surface area contributed by atoms with Gasteiger partial charge in [0, 0.05) is 31.5 Å². The molecule has 0 bridgehead atoms. The molecule has 1 heterocycles. The molecule has 6 nitrogen and oxygen atoms in total. The molecule has 2 aromatic carbocycles. The number of rotatable bonds is 7. The first kappa shape index (κ1) is 21.6. The van der Waals surface area contributed by atoms with Crippen LogP contribution in [0.3, 0.4) is 0 Å². The van der Waals surface area contributed by atoms with Gasteiger partial charge in [-0.2, -0.15) is 4.91 Å². The van der Waals surface area contributed by atoms with Gasteiger partial charge in [0.2, 0.25) is 5.56 Å². The lowest BCUT2D eigenvalue weighted by Gasteiger charge is -2.23. The first-order valence-corrected chi connectivity index (χ1v) is 11.4.